The molecule has 17 heavy (non-hydrogen) atoms. The molecular formula is C6H2Cl2F3NO4S. The SMILES string of the molecule is O=S(=O)(Cl)c1ncc(O)c(Cl)c1OC(F)(F)F. The first-order valence-electron chi connectivity index (χ1n) is 3.60. The first-order valence-corrected chi connectivity index (χ1v) is 6.29. The highest BCUT2D eigenvalue weighted by atomic mass is 35.7. The minimum Gasteiger partial charge on any atom is -0.505 e. The number of hydrogen-bond donors (Lipinski definition) is 1. The molecule has 0 atom stereocenters. The highest BCUT2D eigenvalue weighted by Crippen LogP contribution is 2.40. The molecule has 0 fully saturated rings. The second-order valence-electron chi connectivity index (χ2n) is 2.58. The molecule has 1 aromatic rings. The molecule has 0 aliphatic rings. The fourth-order valence-corrected chi connectivity index (χ4v) is 1.93. The Labute approximate surface area is 102 Å². The zero-order valence-electron chi connectivity index (χ0n) is 7.49. The number of hydrogen-bond acceptors (Lipinski definition) is 5. The Kier molecular flexibility index (Phi) is 3.65. The monoisotopic (exact) mass is 311 g/mol. The van der Waals surface area contributed by atoms with Gasteiger partial charge in [0.15, 0.2) is 11.5 Å². The van der Waals surface area contributed by atoms with E-state index in [0.717, 1.165) is 0 Å². The topological polar surface area (TPSA) is 76.5 Å². The molecule has 0 spiro atoms. The Hall–Kier alpha value is -0.930. The summed E-state index contributed by atoms with van der Waals surface area (Å²) >= 11 is 5.27. The Morgan fingerprint density at radius 2 is 1.94 bits per heavy atom. The zero-order valence-corrected chi connectivity index (χ0v) is 9.82. The number of nitrogens with zero attached hydrogens (tertiary/aromatic N) is 1. The van der Waals surface area contributed by atoms with E-state index in [9.17, 15) is 21.6 Å². The fraction of sp³-hybridized carbons (Fsp3) is 0.167. The predicted molar refractivity (Wildman–Crippen MR) is 50.6 cm³/mol. The van der Waals surface area contributed by atoms with Crippen molar-refractivity contribution in [3.63, 3.8) is 0 Å². The second-order valence-corrected chi connectivity index (χ2v) is 5.44. The van der Waals surface area contributed by atoms with Crippen LogP contribution in [0.2, 0.25) is 5.02 Å². The van der Waals surface area contributed by atoms with Gasteiger partial charge in [-0.15, -0.1) is 13.2 Å². The number of halogens is 5. The van der Waals surface area contributed by atoms with Crippen LogP contribution in [0.15, 0.2) is 11.2 Å². The number of rotatable bonds is 2. The van der Waals surface area contributed by atoms with Gasteiger partial charge >= 0.3 is 6.36 Å². The number of alkyl halides is 3. The lowest BCUT2D eigenvalue weighted by molar-refractivity contribution is -0.275. The van der Waals surface area contributed by atoms with Crippen LogP contribution in [-0.4, -0.2) is 24.9 Å². The number of aromatic hydroxyl groups is 1. The summed E-state index contributed by atoms with van der Waals surface area (Å²) in [6.07, 6.45) is -4.68. The highest BCUT2D eigenvalue weighted by Gasteiger charge is 2.36. The van der Waals surface area contributed by atoms with Crippen LogP contribution in [0.5, 0.6) is 11.5 Å². The Balaban J connectivity index is 3.48. The minimum atomic E-state index is -5.21. The van der Waals surface area contributed by atoms with Crippen LogP contribution in [-0.2, 0) is 9.05 Å². The maximum atomic E-state index is 12.0. The van der Waals surface area contributed by atoms with Crippen molar-refractivity contribution in [2.75, 3.05) is 0 Å². The van der Waals surface area contributed by atoms with Gasteiger partial charge in [0.1, 0.15) is 5.02 Å². The number of pyridine rings is 1. The summed E-state index contributed by atoms with van der Waals surface area (Å²) in [6, 6.07) is 0. The van der Waals surface area contributed by atoms with Gasteiger partial charge in [0.25, 0.3) is 9.05 Å². The van der Waals surface area contributed by atoms with E-state index in [1.807, 2.05) is 0 Å². The molecule has 0 aliphatic carbocycles. The Bertz CT molecular complexity index is 545. The van der Waals surface area contributed by atoms with Gasteiger partial charge in [0.05, 0.1) is 6.20 Å². The summed E-state index contributed by atoms with van der Waals surface area (Å²) in [5.41, 5.74) is 0. The molecule has 1 aromatic heterocycles. The van der Waals surface area contributed by atoms with Crippen LogP contribution in [0.4, 0.5) is 13.2 Å². The average Bonchev–Trinajstić information content (AvgIpc) is 2.08. The summed E-state index contributed by atoms with van der Waals surface area (Å²) in [4.78, 5) is 3.02. The lowest BCUT2D eigenvalue weighted by atomic mass is 10.4. The van der Waals surface area contributed by atoms with Crippen molar-refractivity contribution in [3.8, 4) is 11.5 Å². The van der Waals surface area contributed by atoms with Gasteiger partial charge in [-0.1, -0.05) is 11.6 Å². The zero-order chi connectivity index (χ0) is 13.4. The van der Waals surface area contributed by atoms with Gasteiger partial charge in [-0.2, -0.15) is 0 Å². The molecule has 0 aromatic carbocycles. The van der Waals surface area contributed by atoms with Crippen molar-refractivity contribution < 1.29 is 31.4 Å². The third kappa shape index (κ3) is 3.51. The molecule has 11 heteroatoms. The van der Waals surface area contributed by atoms with Crippen molar-refractivity contribution in [2.45, 2.75) is 11.4 Å². The second kappa shape index (κ2) is 4.39. The van der Waals surface area contributed by atoms with E-state index in [1.165, 1.54) is 0 Å². The molecule has 96 valence electrons. The maximum absolute atomic E-state index is 12.0. The number of aromatic nitrogens is 1. The van der Waals surface area contributed by atoms with E-state index in [1.54, 1.807) is 0 Å². The van der Waals surface area contributed by atoms with Gasteiger partial charge in [0, 0.05) is 10.7 Å². The van der Waals surface area contributed by atoms with Crippen molar-refractivity contribution in [3.05, 3.63) is 11.2 Å². The molecular weight excluding hydrogens is 310 g/mol. The summed E-state index contributed by atoms with van der Waals surface area (Å²) in [5, 5.41) is 6.81. The van der Waals surface area contributed by atoms with E-state index in [0.29, 0.717) is 6.20 Å². The van der Waals surface area contributed by atoms with Gasteiger partial charge < -0.3 is 9.84 Å². The van der Waals surface area contributed by atoms with E-state index in [2.05, 4.69) is 9.72 Å². The van der Waals surface area contributed by atoms with Crippen molar-refractivity contribution in [1.29, 1.82) is 0 Å². The molecule has 0 unspecified atom stereocenters. The van der Waals surface area contributed by atoms with Crippen LogP contribution >= 0.6 is 22.3 Å². The molecule has 0 saturated carbocycles. The lowest BCUT2D eigenvalue weighted by Gasteiger charge is -2.12. The predicted octanol–water partition coefficient (Wildman–Crippen LogP) is 2.27. The van der Waals surface area contributed by atoms with Gasteiger partial charge in [0.2, 0.25) is 5.03 Å². The molecule has 1 N–H and O–H groups in total. The summed E-state index contributed by atoms with van der Waals surface area (Å²) in [7, 11) is 0.234. The average molecular weight is 312 g/mol. The van der Waals surface area contributed by atoms with Crippen molar-refractivity contribution in [2.24, 2.45) is 0 Å². The number of ether oxygens (including phenoxy) is 1. The highest BCUT2D eigenvalue weighted by molar-refractivity contribution is 8.13. The standard InChI is InChI=1S/C6H2Cl2F3NO4S/c7-3-2(13)1-12-5(17(8,14)15)4(3)16-6(9,10)11/h1,13H. The lowest BCUT2D eigenvalue weighted by Crippen LogP contribution is -2.19. The molecule has 0 amide bonds. The van der Waals surface area contributed by atoms with E-state index in [4.69, 9.17) is 27.4 Å². The molecule has 5 nitrogen and oxygen atoms in total. The van der Waals surface area contributed by atoms with E-state index in [-0.39, 0.29) is 0 Å². The van der Waals surface area contributed by atoms with Crippen LogP contribution in [0.3, 0.4) is 0 Å². The molecule has 1 heterocycles. The first-order chi connectivity index (χ1) is 7.52. The van der Waals surface area contributed by atoms with Gasteiger partial charge in [-0.05, 0) is 0 Å². The summed E-state index contributed by atoms with van der Waals surface area (Å²) in [5.74, 6) is -2.26. The maximum Gasteiger partial charge on any atom is 0.573 e. The van der Waals surface area contributed by atoms with Gasteiger partial charge in [-0.3, -0.25) is 0 Å². The quantitative estimate of drug-likeness (QED) is 0.848. The van der Waals surface area contributed by atoms with Gasteiger partial charge in [-0.25, -0.2) is 13.4 Å². The molecule has 0 saturated heterocycles. The van der Waals surface area contributed by atoms with Crippen LogP contribution in [0.25, 0.3) is 0 Å². The van der Waals surface area contributed by atoms with E-state index < -0.39 is 37.0 Å². The summed E-state index contributed by atoms with van der Waals surface area (Å²) in [6.45, 7) is 0. The van der Waals surface area contributed by atoms with Crippen molar-refractivity contribution >= 4 is 31.3 Å². The Morgan fingerprint density at radius 1 is 1.41 bits per heavy atom. The van der Waals surface area contributed by atoms with E-state index >= 15 is 0 Å². The first kappa shape index (κ1) is 14.1. The third-order valence-electron chi connectivity index (χ3n) is 1.37. The van der Waals surface area contributed by atoms with Crippen LogP contribution in [0, 0.1) is 0 Å². The summed E-state index contributed by atoms with van der Waals surface area (Å²) < 4.78 is 61.2. The minimum absolute atomic E-state index is 0.529. The molecule has 1 rings (SSSR count). The smallest absolute Gasteiger partial charge is 0.505 e. The fourth-order valence-electron chi connectivity index (χ4n) is 0.823. The van der Waals surface area contributed by atoms with Crippen LogP contribution < -0.4 is 4.74 Å². The molecule has 0 bridgehead atoms. The Morgan fingerprint density at radius 3 is 2.35 bits per heavy atom. The normalized spacial score (nSPS) is 12.5. The largest absolute Gasteiger partial charge is 0.573 e. The van der Waals surface area contributed by atoms with Crippen LogP contribution in [0.1, 0.15) is 0 Å². The van der Waals surface area contributed by atoms with Crippen molar-refractivity contribution in [1.82, 2.24) is 4.98 Å². The third-order valence-corrected chi connectivity index (χ3v) is 2.93. The molecule has 0 aliphatic heterocycles. The molecule has 0 radical (unpaired) electrons.